The summed E-state index contributed by atoms with van der Waals surface area (Å²) in [5.74, 6) is 0.264. The van der Waals surface area contributed by atoms with Gasteiger partial charge in [0.15, 0.2) is 0 Å². The number of hydrogen-bond acceptors (Lipinski definition) is 3. The molecule has 1 N–H and O–H groups in total. The third-order valence-electron chi connectivity index (χ3n) is 2.92. The molecule has 0 aliphatic carbocycles. The Labute approximate surface area is 142 Å². The highest BCUT2D eigenvalue weighted by atomic mass is 127. The van der Waals surface area contributed by atoms with Crippen LogP contribution in [-0.4, -0.2) is 13.0 Å². The van der Waals surface area contributed by atoms with Gasteiger partial charge in [-0.25, -0.2) is 0 Å². The Morgan fingerprint density at radius 3 is 2.50 bits per heavy atom. The largest absolute Gasteiger partial charge is 0.497 e. The van der Waals surface area contributed by atoms with Crippen LogP contribution < -0.4 is 10.1 Å². The van der Waals surface area contributed by atoms with Gasteiger partial charge in [0.2, 0.25) is 0 Å². The maximum Gasteiger partial charge on any atom is 0.266 e. The molecule has 0 saturated heterocycles. The third-order valence-corrected chi connectivity index (χ3v) is 3.90. The van der Waals surface area contributed by atoms with Crippen LogP contribution in [0.5, 0.6) is 5.75 Å². The van der Waals surface area contributed by atoms with E-state index in [0.717, 1.165) is 9.13 Å². The molecule has 0 aliphatic heterocycles. The first-order valence-electron chi connectivity index (χ1n) is 6.46. The molecule has 2 aromatic rings. The van der Waals surface area contributed by atoms with Crippen molar-refractivity contribution in [1.29, 1.82) is 5.26 Å². The maximum atomic E-state index is 12.2. The average molecular weight is 404 g/mol. The summed E-state index contributed by atoms with van der Waals surface area (Å²) < 4.78 is 6.03. The zero-order valence-electron chi connectivity index (χ0n) is 11.8. The van der Waals surface area contributed by atoms with Crippen molar-refractivity contribution < 1.29 is 9.53 Å². The molecule has 0 radical (unpaired) electrons. The molecule has 0 heterocycles. The number of ether oxygens (including phenoxy) is 1. The number of halogens is 1. The van der Waals surface area contributed by atoms with Gasteiger partial charge in [0, 0.05) is 9.26 Å². The Morgan fingerprint density at radius 1 is 1.23 bits per heavy atom. The summed E-state index contributed by atoms with van der Waals surface area (Å²) in [6.45, 7) is 0. The maximum absolute atomic E-state index is 12.2. The van der Waals surface area contributed by atoms with Gasteiger partial charge in [0.05, 0.1) is 7.11 Å². The number of nitriles is 1. The summed E-state index contributed by atoms with van der Waals surface area (Å²) in [6.07, 6.45) is 1.58. The van der Waals surface area contributed by atoms with Gasteiger partial charge in [-0.2, -0.15) is 5.26 Å². The quantitative estimate of drug-likeness (QED) is 0.479. The molecule has 5 heteroatoms. The fourth-order valence-corrected chi connectivity index (χ4v) is 2.31. The van der Waals surface area contributed by atoms with Gasteiger partial charge in [-0.3, -0.25) is 4.79 Å². The third kappa shape index (κ3) is 4.09. The van der Waals surface area contributed by atoms with E-state index in [4.69, 9.17) is 4.74 Å². The lowest BCUT2D eigenvalue weighted by atomic mass is 10.1. The lowest BCUT2D eigenvalue weighted by Gasteiger charge is -2.06. The number of benzene rings is 2. The SMILES string of the molecule is COc1ccc(NC(=O)/C(C#N)=C/c2ccccc2I)cc1. The van der Waals surface area contributed by atoms with E-state index in [1.807, 2.05) is 30.3 Å². The van der Waals surface area contributed by atoms with Crippen LogP contribution in [0.2, 0.25) is 0 Å². The Balaban J connectivity index is 2.19. The van der Waals surface area contributed by atoms with Crippen LogP contribution in [0.25, 0.3) is 6.08 Å². The second-order valence-electron chi connectivity index (χ2n) is 4.37. The first-order valence-corrected chi connectivity index (χ1v) is 7.53. The summed E-state index contributed by atoms with van der Waals surface area (Å²) in [5.41, 5.74) is 1.50. The van der Waals surface area contributed by atoms with Crippen LogP contribution in [0, 0.1) is 14.9 Å². The van der Waals surface area contributed by atoms with Crippen molar-refractivity contribution in [3.63, 3.8) is 0 Å². The van der Waals surface area contributed by atoms with E-state index >= 15 is 0 Å². The molecule has 0 atom stereocenters. The van der Waals surface area contributed by atoms with Crippen LogP contribution in [0.4, 0.5) is 5.69 Å². The minimum atomic E-state index is -0.438. The highest BCUT2D eigenvalue weighted by molar-refractivity contribution is 14.1. The number of methoxy groups -OCH3 is 1. The number of rotatable bonds is 4. The van der Waals surface area contributed by atoms with Gasteiger partial charge in [-0.15, -0.1) is 0 Å². The van der Waals surface area contributed by atoms with Crippen LogP contribution in [0.15, 0.2) is 54.1 Å². The van der Waals surface area contributed by atoms with Crippen LogP contribution in [0.3, 0.4) is 0 Å². The second kappa shape index (κ2) is 7.61. The van der Waals surface area contributed by atoms with Crippen LogP contribution in [0.1, 0.15) is 5.56 Å². The molecule has 0 fully saturated rings. The van der Waals surface area contributed by atoms with E-state index in [1.165, 1.54) is 0 Å². The van der Waals surface area contributed by atoms with E-state index in [-0.39, 0.29) is 5.57 Å². The molecular weight excluding hydrogens is 391 g/mol. The Kier molecular flexibility index (Phi) is 5.55. The predicted molar refractivity (Wildman–Crippen MR) is 94.4 cm³/mol. The van der Waals surface area contributed by atoms with E-state index in [1.54, 1.807) is 37.5 Å². The first-order chi connectivity index (χ1) is 10.6. The first kappa shape index (κ1) is 16.0. The van der Waals surface area contributed by atoms with E-state index in [9.17, 15) is 10.1 Å². The minimum absolute atomic E-state index is 0.0555. The molecule has 0 spiro atoms. The predicted octanol–water partition coefficient (Wildman–Crippen LogP) is 3.85. The molecule has 2 rings (SSSR count). The topological polar surface area (TPSA) is 62.1 Å². The molecule has 2 aromatic carbocycles. The molecule has 110 valence electrons. The average Bonchev–Trinajstić information content (AvgIpc) is 2.54. The lowest BCUT2D eigenvalue weighted by Crippen LogP contribution is -2.13. The van der Waals surface area contributed by atoms with Gasteiger partial charge >= 0.3 is 0 Å². The summed E-state index contributed by atoms with van der Waals surface area (Å²) in [4.78, 5) is 12.2. The van der Waals surface area contributed by atoms with Crippen LogP contribution in [-0.2, 0) is 4.79 Å². The summed E-state index contributed by atoms with van der Waals surface area (Å²) in [5, 5.41) is 11.9. The summed E-state index contributed by atoms with van der Waals surface area (Å²) >= 11 is 2.17. The number of amides is 1. The molecule has 0 aromatic heterocycles. The molecule has 0 bridgehead atoms. The van der Waals surface area contributed by atoms with E-state index < -0.39 is 5.91 Å². The Hall–Kier alpha value is -2.33. The van der Waals surface area contributed by atoms with E-state index in [0.29, 0.717) is 11.4 Å². The number of carbonyl (C=O) groups is 1. The number of carbonyl (C=O) groups excluding carboxylic acids is 1. The Bertz CT molecular complexity index is 746. The molecule has 22 heavy (non-hydrogen) atoms. The van der Waals surface area contributed by atoms with Gasteiger partial charge in [-0.05, 0) is 64.6 Å². The minimum Gasteiger partial charge on any atom is -0.497 e. The van der Waals surface area contributed by atoms with Gasteiger partial charge in [0.1, 0.15) is 17.4 Å². The van der Waals surface area contributed by atoms with Crippen molar-refractivity contribution in [1.82, 2.24) is 0 Å². The van der Waals surface area contributed by atoms with Crippen molar-refractivity contribution in [3.05, 3.63) is 63.2 Å². The van der Waals surface area contributed by atoms with Crippen molar-refractivity contribution in [3.8, 4) is 11.8 Å². The van der Waals surface area contributed by atoms with Gasteiger partial charge in [0.25, 0.3) is 5.91 Å². The van der Waals surface area contributed by atoms with Crippen molar-refractivity contribution >= 4 is 40.3 Å². The zero-order valence-corrected chi connectivity index (χ0v) is 14.0. The standard InChI is InChI=1S/C17H13IN2O2/c1-22-15-8-6-14(7-9-15)20-17(21)13(11-19)10-12-4-2-3-5-16(12)18/h2-10H,1H3,(H,20,21)/b13-10+. The monoisotopic (exact) mass is 404 g/mol. The highest BCUT2D eigenvalue weighted by Crippen LogP contribution is 2.18. The molecule has 4 nitrogen and oxygen atoms in total. The molecular formula is C17H13IN2O2. The normalized spacial score (nSPS) is 10.7. The van der Waals surface area contributed by atoms with Gasteiger partial charge in [-0.1, -0.05) is 18.2 Å². The summed E-state index contributed by atoms with van der Waals surface area (Å²) in [7, 11) is 1.57. The summed E-state index contributed by atoms with van der Waals surface area (Å²) in [6, 6.07) is 16.4. The fourth-order valence-electron chi connectivity index (χ4n) is 1.77. The molecule has 0 saturated carbocycles. The molecule has 0 unspecified atom stereocenters. The van der Waals surface area contributed by atoms with Crippen LogP contribution >= 0.6 is 22.6 Å². The molecule has 1 amide bonds. The van der Waals surface area contributed by atoms with E-state index in [2.05, 4.69) is 27.9 Å². The molecule has 0 aliphatic rings. The highest BCUT2D eigenvalue weighted by Gasteiger charge is 2.10. The number of nitrogens with one attached hydrogen (secondary N) is 1. The number of hydrogen-bond donors (Lipinski definition) is 1. The zero-order chi connectivity index (χ0) is 15.9. The second-order valence-corrected chi connectivity index (χ2v) is 5.54. The lowest BCUT2D eigenvalue weighted by molar-refractivity contribution is -0.112. The van der Waals surface area contributed by atoms with Gasteiger partial charge < -0.3 is 10.1 Å². The number of nitrogens with zero attached hydrogens (tertiary/aromatic N) is 1. The smallest absolute Gasteiger partial charge is 0.266 e. The van der Waals surface area contributed by atoms with Crippen molar-refractivity contribution in [2.24, 2.45) is 0 Å². The number of anilines is 1. The van der Waals surface area contributed by atoms with Crippen molar-refractivity contribution in [2.75, 3.05) is 12.4 Å². The fraction of sp³-hybridized carbons (Fsp3) is 0.0588. The Morgan fingerprint density at radius 2 is 1.91 bits per heavy atom. The van der Waals surface area contributed by atoms with Crippen molar-refractivity contribution in [2.45, 2.75) is 0 Å².